The maximum Gasteiger partial charge on any atom is 0.312 e. The van der Waals surface area contributed by atoms with Crippen molar-refractivity contribution in [3.05, 3.63) is 0 Å². The lowest BCUT2D eigenvalue weighted by Gasteiger charge is -2.67. The third-order valence-electron chi connectivity index (χ3n) is 3.03. The number of carbonyl (C=O) groups is 1. The van der Waals surface area contributed by atoms with E-state index >= 15 is 0 Å². The Labute approximate surface area is 65.7 Å². The molecule has 3 rings (SSSR count). The van der Waals surface area contributed by atoms with Gasteiger partial charge in [0.05, 0.1) is 18.1 Å². The molecule has 0 spiro atoms. The molecule has 0 heterocycles. The molecule has 0 amide bonds. The lowest BCUT2D eigenvalue weighted by molar-refractivity contribution is -0.273. The maximum absolute atomic E-state index is 11.1. The van der Waals surface area contributed by atoms with Crippen LogP contribution in [0.15, 0.2) is 0 Å². The van der Waals surface area contributed by atoms with Gasteiger partial charge in [0, 0.05) is 7.11 Å². The Bertz CT molecular complexity index is 190. The molecule has 3 nitrogen and oxygen atoms in total. The summed E-state index contributed by atoms with van der Waals surface area (Å²) >= 11 is 0. The van der Waals surface area contributed by atoms with Crippen LogP contribution >= 0.6 is 0 Å². The van der Waals surface area contributed by atoms with E-state index in [4.69, 9.17) is 9.47 Å². The van der Waals surface area contributed by atoms with Crippen molar-refractivity contribution in [2.45, 2.75) is 24.9 Å². The lowest BCUT2D eigenvalue weighted by Crippen LogP contribution is -2.71. The Hall–Kier alpha value is -0.570. The molecule has 0 aromatic rings. The highest BCUT2D eigenvalue weighted by atomic mass is 16.5. The van der Waals surface area contributed by atoms with Crippen LogP contribution in [0.5, 0.6) is 0 Å². The van der Waals surface area contributed by atoms with Crippen LogP contribution in [-0.2, 0) is 14.3 Å². The van der Waals surface area contributed by atoms with Crippen LogP contribution < -0.4 is 0 Å². The first-order chi connectivity index (χ1) is 5.16. The van der Waals surface area contributed by atoms with Crippen LogP contribution in [0.3, 0.4) is 0 Å². The molecule has 11 heavy (non-hydrogen) atoms. The fraction of sp³-hybridized carbons (Fsp3) is 0.875. The summed E-state index contributed by atoms with van der Waals surface area (Å²) in [5.74, 6) is -0.0589. The summed E-state index contributed by atoms with van der Waals surface area (Å²) in [5, 5.41) is 0. The van der Waals surface area contributed by atoms with Gasteiger partial charge < -0.3 is 9.47 Å². The Morgan fingerprint density at radius 2 is 1.82 bits per heavy atom. The quantitative estimate of drug-likeness (QED) is 0.553. The van der Waals surface area contributed by atoms with E-state index in [1.54, 1.807) is 7.11 Å². The van der Waals surface area contributed by atoms with Crippen molar-refractivity contribution < 1.29 is 14.3 Å². The minimum Gasteiger partial charge on any atom is -0.469 e. The third kappa shape index (κ3) is 0.644. The number of ether oxygens (including phenoxy) is 2. The van der Waals surface area contributed by atoms with Gasteiger partial charge in [-0.1, -0.05) is 0 Å². The molecule has 3 aliphatic rings. The zero-order valence-electron chi connectivity index (χ0n) is 6.85. The first kappa shape index (κ1) is 7.10. The van der Waals surface area contributed by atoms with E-state index in [0.29, 0.717) is 0 Å². The summed E-state index contributed by atoms with van der Waals surface area (Å²) in [6.07, 6.45) is 2.59. The Morgan fingerprint density at radius 3 is 2.18 bits per heavy atom. The molecule has 0 atom stereocenters. The molecule has 0 aliphatic heterocycles. The Kier molecular flexibility index (Phi) is 1.15. The second-order valence-electron chi connectivity index (χ2n) is 3.69. The second kappa shape index (κ2) is 1.78. The van der Waals surface area contributed by atoms with Crippen LogP contribution in [0.1, 0.15) is 19.3 Å². The SMILES string of the molecule is COC(=O)C12CC(OC)(C1)C2. The Balaban J connectivity index is 1.99. The normalized spacial score (nSPS) is 45.6. The topological polar surface area (TPSA) is 35.5 Å². The van der Waals surface area contributed by atoms with Gasteiger partial charge in [0.15, 0.2) is 0 Å². The summed E-state index contributed by atoms with van der Waals surface area (Å²) in [5.41, 5.74) is -0.0983. The van der Waals surface area contributed by atoms with Crippen molar-refractivity contribution in [3.63, 3.8) is 0 Å². The fourth-order valence-electron chi connectivity index (χ4n) is 2.34. The summed E-state index contributed by atoms with van der Waals surface area (Å²) in [6, 6.07) is 0. The molecule has 3 aliphatic carbocycles. The van der Waals surface area contributed by atoms with Crippen LogP contribution in [0.4, 0.5) is 0 Å². The largest absolute Gasteiger partial charge is 0.469 e. The summed E-state index contributed by atoms with van der Waals surface area (Å²) in [6.45, 7) is 0. The van der Waals surface area contributed by atoms with E-state index in [0.717, 1.165) is 19.3 Å². The predicted octanol–water partition coefficient (Wildman–Crippen LogP) is 0.728. The molecular formula is C8H12O3. The molecule has 0 saturated heterocycles. The molecule has 0 N–H and O–H groups in total. The van der Waals surface area contributed by atoms with Gasteiger partial charge in [-0.15, -0.1) is 0 Å². The maximum atomic E-state index is 11.1. The van der Waals surface area contributed by atoms with Crippen LogP contribution in [0.2, 0.25) is 0 Å². The minimum absolute atomic E-state index is 0.0498. The first-order valence-electron chi connectivity index (χ1n) is 3.80. The average Bonchev–Trinajstić information content (AvgIpc) is 1.83. The molecule has 3 saturated carbocycles. The third-order valence-corrected chi connectivity index (χ3v) is 3.03. The van der Waals surface area contributed by atoms with Gasteiger partial charge in [-0.05, 0) is 19.3 Å². The van der Waals surface area contributed by atoms with Crippen LogP contribution in [0.25, 0.3) is 0 Å². The van der Waals surface area contributed by atoms with Gasteiger partial charge in [0.25, 0.3) is 0 Å². The summed E-state index contributed by atoms with van der Waals surface area (Å²) in [4.78, 5) is 11.1. The lowest BCUT2D eigenvalue weighted by atomic mass is 9.41. The van der Waals surface area contributed by atoms with Gasteiger partial charge in [0.2, 0.25) is 0 Å². The van der Waals surface area contributed by atoms with E-state index in [2.05, 4.69) is 0 Å². The van der Waals surface area contributed by atoms with Crippen molar-refractivity contribution in [1.82, 2.24) is 0 Å². The number of esters is 1. The van der Waals surface area contributed by atoms with Crippen LogP contribution in [-0.4, -0.2) is 25.8 Å². The highest BCUT2D eigenvalue weighted by Gasteiger charge is 2.73. The zero-order valence-corrected chi connectivity index (χ0v) is 6.85. The molecule has 62 valence electrons. The smallest absolute Gasteiger partial charge is 0.312 e. The Morgan fingerprint density at radius 1 is 1.27 bits per heavy atom. The van der Waals surface area contributed by atoms with Crippen molar-refractivity contribution in [2.75, 3.05) is 14.2 Å². The van der Waals surface area contributed by atoms with Crippen molar-refractivity contribution in [1.29, 1.82) is 0 Å². The summed E-state index contributed by atoms with van der Waals surface area (Å²) < 4.78 is 9.94. The molecule has 3 fully saturated rings. The number of hydrogen-bond donors (Lipinski definition) is 0. The number of hydrogen-bond acceptors (Lipinski definition) is 3. The van der Waals surface area contributed by atoms with Crippen molar-refractivity contribution in [2.24, 2.45) is 5.41 Å². The van der Waals surface area contributed by atoms with Crippen molar-refractivity contribution >= 4 is 5.97 Å². The first-order valence-corrected chi connectivity index (χ1v) is 3.80. The summed E-state index contributed by atoms with van der Waals surface area (Å²) in [7, 11) is 3.16. The van der Waals surface area contributed by atoms with Crippen molar-refractivity contribution in [3.8, 4) is 0 Å². The monoisotopic (exact) mass is 156 g/mol. The molecule has 0 radical (unpaired) electrons. The molecular weight excluding hydrogens is 144 g/mol. The highest BCUT2D eigenvalue weighted by Crippen LogP contribution is 2.69. The molecule has 0 unspecified atom stereocenters. The highest BCUT2D eigenvalue weighted by molar-refractivity contribution is 5.81. The fourth-order valence-corrected chi connectivity index (χ4v) is 2.34. The predicted molar refractivity (Wildman–Crippen MR) is 38.0 cm³/mol. The van der Waals surface area contributed by atoms with E-state index in [-0.39, 0.29) is 17.0 Å². The molecule has 0 aromatic heterocycles. The van der Waals surface area contributed by atoms with Gasteiger partial charge >= 0.3 is 5.97 Å². The standard InChI is InChI=1S/C8H12O3/c1-10-6(9)7-3-8(4-7,5-7)11-2/h3-5H2,1-2H3. The zero-order chi connectivity index (χ0) is 8.11. The average molecular weight is 156 g/mol. The minimum atomic E-state index is -0.148. The molecule has 0 aromatic carbocycles. The second-order valence-corrected chi connectivity index (χ2v) is 3.69. The van der Waals surface area contributed by atoms with Gasteiger partial charge in [-0.2, -0.15) is 0 Å². The van der Waals surface area contributed by atoms with E-state index in [9.17, 15) is 4.79 Å². The van der Waals surface area contributed by atoms with Crippen LogP contribution in [0, 0.1) is 5.41 Å². The molecule has 2 bridgehead atoms. The van der Waals surface area contributed by atoms with E-state index in [1.807, 2.05) is 0 Å². The number of methoxy groups -OCH3 is 2. The number of rotatable bonds is 2. The van der Waals surface area contributed by atoms with Gasteiger partial charge in [-0.25, -0.2) is 0 Å². The van der Waals surface area contributed by atoms with Gasteiger partial charge in [0.1, 0.15) is 0 Å². The molecule has 3 heteroatoms. The number of carbonyl (C=O) groups excluding carboxylic acids is 1. The van der Waals surface area contributed by atoms with E-state index in [1.165, 1.54) is 7.11 Å². The van der Waals surface area contributed by atoms with E-state index < -0.39 is 0 Å². The van der Waals surface area contributed by atoms with Gasteiger partial charge in [-0.3, -0.25) is 4.79 Å².